The van der Waals surface area contributed by atoms with Gasteiger partial charge in [-0.2, -0.15) is 4.98 Å². The molecule has 2 aromatic carbocycles. The van der Waals surface area contributed by atoms with Crippen molar-refractivity contribution in [2.24, 2.45) is 5.92 Å². The van der Waals surface area contributed by atoms with Gasteiger partial charge in [0.25, 0.3) is 0 Å². The normalized spacial score (nSPS) is 14.9. The molecule has 1 amide bonds. The maximum absolute atomic E-state index is 13.3. The first-order valence-electron chi connectivity index (χ1n) is 10.1. The van der Waals surface area contributed by atoms with Crippen LogP contribution >= 0.6 is 0 Å². The Morgan fingerprint density at radius 1 is 1.10 bits per heavy atom. The summed E-state index contributed by atoms with van der Waals surface area (Å²) in [6.07, 6.45) is 3.88. The van der Waals surface area contributed by atoms with Crippen molar-refractivity contribution in [2.75, 3.05) is 13.1 Å². The average Bonchev–Trinajstić information content (AvgIpc) is 3.22. The van der Waals surface area contributed by atoms with E-state index in [9.17, 15) is 9.18 Å². The lowest BCUT2D eigenvalue weighted by molar-refractivity contribution is -0.132. The molecule has 3 aromatic rings. The summed E-state index contributed by atoms with van der Waals surface area (Å²) in [6, 6.07) is 16.6. The summed E-state index contributed by atoms with van der Waals surface area (Å²) in [4.78, 5) is 18.8. The predicted octanol–water partition coefficient (Wildman–Crippen LogP) is 4.29. The summed E-state index contributed by atoms with van der Waals surface area (Å²) in [5, 5.41) is 3.89. The molecule has 1 fully saturated rings. The molecular weight excluding hydrogens is 369 g/mol. The van der Waals surface area contributed by atoms with E-state index in [-0.39, 0.29) is 11.7 Å². The summed E-state index contributed by atoms with van der Waals surface area (Å²) in [6.45, 7) is 1.60. The monoisotopic (exact) mass is 393 g/mol. The van der Waals surface area contributed by atoms with Crippen LogP contribution in [0, 0.1) is 11.7 Å². The molecule has 0 spiro atoms. The molecule has 0 aliphatic carbocycles. The van der Waals surface area contributed by atoms with Crippen LogP contribution in [0.15, 0.2) is 59.1 Å². The van der Waals surface area contributed by atoms with E-state index >= 15 is 0 Å². The number of halogens is 1. The Kier molecular flexibility index (Phi) is 5.98. The van der Waals surface area contributed by atoms with Gasteiger partial charge in [-0.3, -0.25) is 4.79 Å². The maximum Gasteiger partial charge on any atom is 0.227 e. The topological polar surface area (TPSA) is 59.2 Å². The highest BCUT2D eigenvalue weighted by Crippen LogP contribution is 2.22. The van der Waals surface area contributed by atoms with Gasteiger partial charge in [0.2, 0.25) is 17.6 Å². The summed E-state index contributed by atoms with van der Waals surface area (Å²) in [7, 11) is 0. The Morgan fingerprint density at radius 3 is 2.66 bits per heavy atom. The summed E-state index contributed by atoms with van der Waals surface area (Å²) in [5.74, 6) is 1.14. The second-order valence-corrected chi connectivity index (χ2v) is 7.54. The average molecular weight is 393 g/mol. The number of carbonyl (C=O) groups is 1. The fourth-order valence-electron chi connectivity index (χ4n) is 3.81. The van der Waals surface area contributed by atoms with Crippen molar-refractivity contribution in [3.05, 3.63) is 71.9 Å². The molecule has 1 aliphatic heterocycles. The van der Waals surface area contributed by atoms with Gasteiger partial charge in [0.05, 0.1) is 0 Å². The van der Waals surface area contributed by atoms with E-state index in [0.29, 0.717) is 36.0 Å². The zero-order valence-corrected chi connectivity index (χ0v) is 16.3. The summed E-state index contributed by atoms with van der Waals surface area (Å²) in [5.41, 5.74) is 1.93. The van der Waals surface area contributed by atoms with Gasteiger partial charge in [-0.25, -0.2) is 4.39 Å². The Morgan fingerprint density at radius 2 is 1.90 bits per heavy atom. The molecule has 0 bridgehead atoms. The van der Waals surface area contributed by atoms with Gasteiger partial charge in [0, 0.05) is 31.5 Å². The van der Waals surface area contributed by atoms with Crippen LogP contribution in [0.1, 0.15) is 30.7 Å². The Balaban J connectivity index is 1.24. The lowest BCUT2D eigenvalue weighted by Crippen LogP contribution is -2.39. The van der Waals surface area contributed by atoms with E-state index in [1.165, 1.54) is 17.7 Å². The minimum absolute atomic E-state index is 0.119. The first kappa shape index (κ1) is 19.3. The van der Waals surface area contributed by atoms with Gasteiger partial charge < -0.3 is 9.42 Å². The van der Waals surface area contributed by atoms with Crippen LogP contribution in [-0.2, 0) is 17.6 Å². The molecule has 0 atom stereocenters. The summed E-state index contributed by atoms with van der Waals surface area (Å²) >= 11 is 0. The minimum atomic E-state index is -0.348. The standard InChI is InChI=1S/C23H24FN3O2/c24-20-8-4-7-19(16-20)23-25-21(29-26-23)9-10-22(28)27-13-11-18(12-14-27)15-17-5-2-1-3-6-17/h1-8,16,18H,9-15H2. The lowest BCUT2D eigenvalue weighted by Gasteiger charge is -2.32. The largest absolute Gasteiger partial charge is 0.343 e. The number of rotatable bonds is 6. The number of piperidine rings is 1. The first-order valence-corrected chi connectivity index (χ1v) is 10.1. The van der Waals surface area contributed by atoms with E-state index in [1.807, 2.05) is 11.0 Å². The van der Waals surface area contributed by atoms with E-state index in [2.05, 4.69) is 34.4 Å². The third kappa shape index (κ3) is 5.08. The number of likely N-dealkylation sites (tertiary alicyclic amines) is 1. The third-order valence-corrected chi connectivity index (χ3v) is 5.44. The van der Waals surface area contributed by atoms with E-state index < -0.39 is 0 Å². The second kappa shape index (κ2) is 8.99. The Hall–Kier alpha value is -3.02. The van der Waals surface area contributed by atoms with Gasteiger partial charge >= 0.3 is 0 Å². The van der Waals surface area contributed by atoms with Crippen LogP contribution in [0.4, 0.5) is 4.39 Å². The molecule has 1 aromatic heterocycles. The van der Waals surface area contributed by atoms with Crippen molar-refractivity contribution in [3.63, 3.8) is 0 Å². The zero-order valence-electron chi connectivity index (χ0n) is 16.3. The summed E-state index contributed by atoms with van der Waals surface area (Å²) < 4.78 is 18.6. The van der Waals surface area contributed by atoms with Crippen LogP contribution < -0.4 is 0 Å². The van der Waals surface area contributed by atoms with Crippen molar-refractivity contribution in [3.8, 4) is 11.4 Å². The van der Waals surface area contributed by atoms with Gasteiger partial charge in [-0.1, -0.05) is 47.6 Å². The van der Waals surface area contributed by atoms with E-state index in [1.54, 1.807) is 12.1 Å². The van der Waals surface area contributed by atoms with Crippen LogP contribution in [0.3, 0.4) is 0 Å². The van der Waals surface area contributed by atoms with Crippen molar-refractivity contribution in [1.29, 1.82) is 0 Å². The van der Waals surface area contributed by atoms with Crippen LogP contribution in [0.2, 0.25) is 0 Å². The number of aromatic nitrogens is 2. The van der Waals surface area contributed by atoms with Crippen LogP contribution in [-0.4, -0.2) is 34.0 Å². The number of nitrogens with zero attached hydrogens (tertiary/aromatic N) is 3. The number of hydrogen-bond donors (Lipinski definition) is 0. The Bertz CT molecular complexity index is 950. The van der Waals surface area contributed by atoms with Crippen LogP contribution in [0.5, 0.6) is 0 Å². The molecule has 0 unspecified atom stereocenters. The fraction of sp³-hybridized carbons (Fsp3) is 0.348. The van der Waals surface area contributed by atoms with Gasteiger partial charge in [-0.05, 0) is 42.9 Å². The molecular formula is C23H24FN3O2. The molecule has 1 saturated heterocycles. The molecule has 0 N–H and O–H groups in total. The smallest absolute Gasteiger partial charge is 0.227 e. The number of hydrogen-bond acceptors (Lipinski definition) is 4. The second-order valence-electron chi connectivity index (χ2n) is 7.54. The number of benzene rings is 2. The van der Waals surface area contributed by atoms with Crippen molar-refractivity contribution < 1.29 is 13.7 Å². The Labute approximate surface area is 169 Å². The number of carbonyl (C=O) groups excluding carboxylic acids is 1. The first-order chi connectivity index (χ1) is 14.2. The zero-order chi connectivity index (χ0) is 20.1. The lowest BCUT2D eigenvalue weighted by atomic mass is 9.90. The van der Waals surface area contributed by atoms with Crippen molar-refractivity contribution in [2.45, 2.75) is 32.1 Å². The highest BCUT2D eigenvalue weighted by Gasteiger charge is 2.23. The SMILES string of the molecule is O=C(CCc1nc(-c2cccc(F)c2)no1)N1CCC(Cc2ccccc2)CC1. The predicted molar refractivity (Wildman–Crippen MR) is 107 cm³/mol. The van der Waals surface area contributed by atoms with Gasteiger partial charge in [-0.15, -0.1) is 0 Å². The van der Waals surface area contributed by atoms with Gasteiger partial charge in [0.15, 0.2) is 0 Å². The molecule has 1 aliphatic rings. The maximum atomic E-state index is 13.3. The quantitative estimate of drug-likeness (QED) is 0.627. The highest BCUT2D eigenvalue weighted by molar-refractivity contribution is 5.76. The molecule has 0 radical (unpaired) electrons. The highest BCUT2D eigenvalue weighted by atomic mass is 19.1. The fourth-order valence-corrected chi connectivity index (χ4v) is 3.81. The minimum Gasteiger partial charge on any atom is -0.343 e. The van der Waals surface area contributed by atoms with E-state index in [0.717, 1.165) is 32.4 Å². The molecule has 150 valence electrons. The molecule has 0 saturated carbocycles. The number of amides is 1. The van der Waals surface area contributed by atoms with Crippen LogP contribution in [0.25, 0.3) is 11.4 Å². The van der Waals surface area contributed by atoms with Gasteiger partial charge in [0.1, 0.15) is 5.82 Å². The molecule has 2 heterocycles. The molecule has 29 heavy (non-hydrogen) atoms. The van der Waals surface area contributed by atoms with Crippen molar-refractivity contribution in [1.82, 2.24) is 15.0 Å². The third-order valence-electron chi connectivity index (χ3n) is 5.44. The molecule has 5 nitrogen and oxygen atoms in total. The number of aryl methyl sites for hydroxylation is 1. The van der Waals surface area contributed by atoms with Crippen molar-refractivity contribution >= 4 is 5.91 Å². The molecule has 6 heteroatoms. The van der Waals surface area contributed by atoms with E-state index in [4.69, 9.17) is 4.52 Å². The molecule has 4 rings (SSSR count).